The van der Waals surface area contributed by atoms with Crippen molar-refractivity contribution >= 4 is 17.5 Å². The Bertz CT molecular complexity index is 482. The van der Waals surface area contributed by atoms with Crippen molar-refractivity contribution in [1.29, 1.82) is 0 Å². The molecule has 1 saturated heterocycles. The van der Waals surface area contributed by atoms with E-state index in [-0.39, 0.29) is 17.9 Å². The van der Waals surface area contributed by atoms with E-state index in [0.29, 0.717) is 12.8 Å². The molecule has 1 atom stereocenters. The summed E-state index contributed by atoms with van der Waals surface area (Å²) < 4.78 is 0. The summed E-state index contributed by atoms with van der Waals surface area (Å²) in [5, 5.41) is 2.95. The van der Waals surface area contributed by atoms with Gasteiger partial charge in [-0.1, -0.05) is 19.1 Å². The molecule has 1 heterocycles. The lowest BCUT2D eigenvalue weighted by atomic mass is 10.1. The van der Waals surface area contributed by atoms with Crippen molar-refractivity contribution in [3.05, 3.63) is 29.8 Å². The van der Waals surface area contributed by atoms with Crippen LogP contribution in [0.5, 0.6) is 0 Å². The van der Waals surface area contributed by atoms with E-state index >= 15 is 0 Å². The van der Waals surface area contributed by atoms with Crippen molar-refractivity contribution in [2.24, 2.45) is 0 Å². The van der Waals surface area contributed by atoms with E-state index in [0.717, 1.165) is 30.6 Å². The molecule has 1 aliphatic heterocycles. The Kier molecular flexibility index (Phi) is 4.77. The highest BCUT2D eigenvalue weighted by Crippen LogP contribution is 2.21. The number of benzene rings is 1. The maximum Gasteiger partial charge on any atom is 0.227 e. The summed E-state index contributed by atoms with van der Waals surface area (Å²) in [6.07, 6.45) is 2.89. The Labute approximate surface area is 120 Å². The molecule has 1 fully saturated rings. The van der Waals surface area contributed by atoms with E-state index in [4.69, 9.17) is 0 Å². The molecule has 0 aliphatic carbocycles. The number of nitrogens with one attached hydrogen (secondary N) is 1. The van der Waals surface area contributed by atoms with Crippen LogP contribution in [0.4, 0.5) is 5.69 Å². The second-order valence-corrected chi connectivity index (χ2v) is 5.37. The number of nitrogens with zero attached hydrogens (tertiary/aromatic N) is 1. The Balaban J connectivity index is 1.94. The van der Waals surface area contributed by atoms with E-state index in [9.17, 15) is 9.59 Å². The fourth-order valence-corrected chi connectivity index (χ4v) is 2.33. The minimum Gasteiger partial charge on any atom is -0.353 e. The van der Waals surface area contributed by atoms with Crippen LogP contribution in [-0.2, 0) is 16.0 Å². The normalized spacial score (nSPS) is 16.3. The number of amides is 2. The van der Waals surface area contributed by atoms with E-state index in [1.165, 1.54) is 0 Å². The van der Waals surface area contributed by atoms with Crippen molar-refractivity contribution in [2.45, 2.75) is 45.6 Å². The Hall–Kier alpha value is -1.84. The van der Waals surface area contributed by atoms with Crippen LogP contribution in [0.3, 0.4) is 0 Å². The summed E-state index contributed by atoms with van der Waals surface area (Å²) in [7, 11) is 0. The van der Waals surface area contributed by atoms with Gasteiger partial charge >= 0.3 is 0 Å². The van der Waals surface area contributed by atoms with Gasteiger partial charge in [-0.3, -0.25) is 9.59 Å². The lowest BCUT2D eigenvalue weighted by molar-refractivity contribution is -0.121. The molecular weight excluding hydrogens is 252 g/mol. The largest absolute Gasteiger partial charge is 0.353 e. The summed E-state index contributed by atoms with van der Waals surface area (Å²) >= 11 is 0. The molecule has 1 aromatic rings. The van der Waals surface area contributed by atoms with Crippen LogP contribution in [0.25, 0.3) is 0 Å². The number of anilines is 1. The van der Waals surface area contributed by atoms with E-state index < -0.39 is 0 Å². The summed E-state index contributed by atoms with van der Waals surface area (Å²) in [6, 6.07) is 7.92. The zero-order valence-corrected chi connectivity index (χ0v) is 12.2. The van der Waals surface area contributed by atoms with Crippen molar-refractivity contribution in [3.8, 4) is 0 Å². The lowest BCUT2D eigenvalue weighted by Crippen LogP contribution is -2.33. The van der Waals surface area contributed by atoms with Crippen molar-refractivity contribution in [3.63, 3.8) is 0 Å². The molecule has 0 saturated carbocycles. The highest BCUT2D eigenvalue weighted by molar-refractivity contribution is 5.95. The van der Waals surface area contributed by atoms with Crippen molar-refractivity contribution in [2.75, 3.05) is 11.4 Å². The average Bonchev–Trinajstić information content (AvgIpc) is 2.85. The van der Waals surface area contributed by atoms with Crippen LogP contribution in [-0.4, -0.2) is 24.4 Å². The molecule has 2 rings (SSSR count). The van der Waals surface area contributed by atoms with Crippen LogP contribution in [0, 0.1) is 0 Å². The third-order valence-corrected chi connectivity index (χ3v) is 3.71. The minimum absolute atomic E-state index is 0.0457. The highest BCUT2D eigenvalue weighted by atomic mass is 16.2. The molecule has 108 valence electrons. The Morgan fingerprint density at radius 2 is 2.05 bits per heavy atom. The SMILES string of the molecule is CC[C@H](C)NC(=O)Cc1ccc(N2CCCC2=O)cc1. The number of hydrogen-bond donors (Lipinski definition) is 1. The first-order chi connectivity index (χ1) is 9.60. The molecule has 20 heavy (non-hydrogen) atoms. The lowest BCUT2D eigenvalue weighted by Gasteiger charge is -2.16. The second kappa shape index (κ2) is 6.55. The first-order valence-electron chi connectivity index (χ1n) is 7.29. The maximum atomic E-state index is 11.8. The van der Waals surface area contributed by atoms with E-state index in [1.807, 2.05) is 43.0 Å². The van der Waals surface area contributed by atoms with E-state index in [1.54, 1.807) is 0 Å². The molecule has 0 unspecified atom stereocenters. The number of hydrogen-bond acceptors (Lipinski definition) is 2. The zero-order chi connectivity index (χ0) is 14.5. The summed E-state index contributed by atoms with van der Waals surface area (Å²) in [6.45, 7) is 4.85. The summed E-state index contributed by atoms with van der Waals surface area (Å²) in [5.41, 5.74) is 1.90. The molecule has 0 spiro atoms. The van der Waals surface area contributed by atoms with Gasteiger partial charge in [-0.15, -0.1) is 0 Å². The minimum atomic E-state index is 0.0457. The third-order valence-electron chi connectivity index (χ3n) is 3.71. The van der Waals surface area contributed by atoms with Crippen LogP contribution in [0.15, 0.2) is 24.3 Å². The average molecular weight is 274 g/mol. The Morgan fingerprint density at radius 1 is 1.35 bits per heavy atom. The molecule has 4 nitrogen and oxygen atoms in total. The summed E-state index contributed by atoms with van der Waals surface area (Å²) in [5.74, 6) is 0.233. The van der Waals surface area contributed by atoms with Gasteiger partial charge in [0.05, 0.1) is 6.42 Å². The predicted octanol–water partition coefficient (Wildman–Crippen LogP) is 2.27. The smallest absolute Gasteiger partial charge is 0.227 e. The quantitative estimate of drug-likeness (QED) is 0.895. The molecule has 4 heteroatoms. The van der Waals surface area contributed by atoms with Gasteiger partial charge in [0.1, 0.15) is 0 Å². The number of carbonyl (C=O) groups is 2. The van der Waals surface area contributed by atoms with Gasteiger partial charge in [0.25, 0.3) is 0 Å². The molecule has 1 N–H and O–H groups in total. The van der Waals surface area contributed by atoms with Gasteiger partial charge in [0.2, 0.25) is 11.8 Å². The van der Waals surface area contributed by atoms with Gasteiger partial charge in [-0.25, -0.2) is 0 Å². The second-order valence-electron chi connectivity index (χ2n) is 5.37. The Morgan fingerprint density at radius 3 is 2.60 bits per heavy atom. The topological polar surface area (TPSA) is 49.4 Å². The predicted molar refractivity (Wildman–Crippen MR) is 79.6 cm³/mol. The molecule has 0 aromatic heterocycles. The number of carbonyl (C=O) groups excluding carboxylic acids is 2. The maximum absolute atomic E-state index is 11.8. The van der Waals surface area contributed by atoms with Gasteiger partial charge < -0.3 is 10.2 Å². The first kappa shape index (κ1) is 14.6. The molecule has 0 radical (unpaired) electrons. The standard InChI is InChI=1S/C16H22N2O2/c1-3-12(2)17-15(19)11-13-6-8-14(9-7-13)18-10-4-5-16(18)20/h6-9,12H,3-5,10-11H2,1-2H3,(H,17,19)/t12-/m0/s1. The van der Waals surface area contributed by atoms with Crippen LogP contribution in [0.2, 0.25) is 0 Å². The number of rotatable bonds is 5. The fourth-order valence-electron chi connectivity index (χ4n) is 2.33. The van der Waals surface area contributed by atoms with Gasteiger partial charge in [0, 0.05) is 24.7 Å². The zero-order valence-electron chi connectivity index (χ0n) is 12.2. The monoisotopic (exact) mass is 274 g/mol. The van der Waals surface area contributed by atoms with Crippen LogP contribution >= 0.6 is 0 Å². The molecular formula is C16H22N2O2. The van der Waals surface area contributed by atoms with Crippen LogP contribution in [0.1, 0.15) is 38.7 Å². The van der Waals surface area contributed by atoms with Gasteiger partial charge in [0.15, 0.2) is 0 Å². The van der Waals surface area contributed by atoms with E-state index in [2.05, 4.69) is 5.32 Å². The fraction of sp³-hybridized carbons (Fsp3) is 0.500. The van der Waals surface area contributed by atoms with Gasteiger partial charge in [-0.05, 0) is 37.5 Å². The first-order valence-corrected chi connectivity index (χ1v) is 7.29. The molecule has 1 aliphatic rings. The van der Waals surface area contributed by atoms with Crippen molar-refractivity contribution in [1.82, 2.24) is 5.32 Å². The highest BCUT2D eigenvalue weighted by Gasteiger charge is 2.21. The molecule has 0 bridgehead atoms. The van der Waals surface area contributed by atoms with Crippen LogP contribution < -0.4 is 10.2 Å². The molecule has 2 amide bonds. The van der Waals surface area contributed by atoms with Crippen molar-refractivity contribution < 1.29 is 9.59 Å². The summed E-state index contributed by atoms with van der Waals surface area (Å²) in [4.78, 5) is 25.3. The molecule has 1 aromatic carbocycles. The third kappa shape index (κ3) is 3.59. The van der Waals surface area contributed by atoms with Gasteiger partial charge in [-0.2, -0.15) is 0 Å².